The first kappa shape index (κ1) is 23.0. The van der Waals surface area contributed by atoms with E-state index in [-0.39, 0.29) is 17.9 Å². The van der Waals surface area contributed by atoms with Gasteiger partial charge >= 0.3 is 0 Å². The van der Waals surface area contributed by atoms with E-state index in [1.54, 1.807) is 16.2 Å². The van der Waals surface area contributed by atoms with Gasteiger partial charge in [-0.1, -0.05) is 25.1 Å². The maximum atomic E-state index is 13.9. The zero-order valence-corrected chi connectivity index (χ0v) is 21.0. The van der Waals surface area contributed by atoms with E-state index in [0.717, 1.165) is 47.2 Å². The van der Waals surface area contributed by atoms with E-state index in [1.807, 2.05) is 60.2 Å². The molecule has 3 heterocycles. The number of para-hydroxylation sites is 1. The molecular weight excluding hydrogens is 446 g/mol. The molecule has 5 rings (SSSR count). The summed E-state index contributed by atoms with van der Waals surface area (Å²) in [4.78, 5) is 29.5. The first-order valence-electron chi connectivity index (χ1n) is 12.3. The number of nitrogens with one attached hydrogen (secondary N) is 1. The van der Waals surface area contributed by atoms with Crippen molar-refractivity contribution in [3.63, 3.8) is 0 Å². The molecule has 180 valence electrons. The molecule has 2 aromatic heterocycles. The minimum atomic E-state index is -1.01. The van der Waals surface area contributed by atoms with E-state index in [2.05, 4.69) is 12.2 Å². The van der Waals surface area contributed by atoms with Gasteiger partial charge in [0.25, 0.3) is 5.91 Å². The van der Waals surface area contributed by atoms with Crippen molar-refractivity contribution in [1.82, 2.24) is 14.8 Å². The SMILES string of the molecule is CCOc1ccccc1CN1C(=O)c2cc3sccc3n2CC1(C)C(=O)NC1CCC(C)CC1. The van der Waals surface area contributed by atoms with Gasteiger partial charge in [0.05, 0.1) is 29.9 Å². The maximum Gasteiger partial charge on any atom is 0.271 e. The van der Waals surface area contributed by atoms with Crippen LogP contribution in [0.4, 0.5) is 0 Å². The third kappa shape index (κ3) is 4.00. The normalized spacial score (nSPS) is 24.8. The summed E-state index contributed by atoms with van der Waals surface area (Å²) in [5.41, 5.74) is 1.56. The standard InChI is InChI=1S/C27H33N3O3S/c1-4-33-23-8-6-5-7-19(23)16-30-25(31)22-15-24-21(13-14-34-24)29(22)17-27(30,3)26(32)28-20-11-9-18(2)10-12-20/h5-8,13-15,18,20H,4,9-12,16-17H2,1-3H3,(H,28,32). The highest BCUT2D eigenvalue weighted by atomic mass is 32.1. The van der Waals surface area contributed by atoms with Crippen LogP contribution in [0.3, 0.4) is 0 Å². The van der Waals surface area contributed by atoms with Crippen molar-refractivity contribution in [2.24, 2.45) is 5.92 Å². The smallest absolute Gasteiger partial charge is 0.271 e. The number of fused-ring (bicyclic) bond motifs is 3. The Kier molecular flexibility index (Phi) is 6.15. The number of carbonyl (C=O) groups excluding carboxylic acids is 2. The van der Waals surface area contributed by atoms with Gasteiger partial charge in [-0.05, 0) is 69.0 Å². The van der Waals surface area contributed by atoms with E-state index in [9.17, 15) is 9.59 Å². The van der Waals surface area contributed by atoms with Crippen molar-refractivity contribution < 1.29 is 14.3 Å². The summed E-state index contributed by atoms with van der Waals surface area (Å²) in [6, 6.07) is 12.0. The van der Waals surface area contributed by atoms with Crippen LogP contribution in [0.15, 0.2) is 41.8 Å². The summed E-state index contributed by atoms with van der Waals surface area (Å²) in [7, 11) is 0. The molecule has 1 unspecified atom stereocenters. The van der Waals surface area contributed by atoms with Gasteiger partial charge in [-0.15, -0.1) is 11.3 Å². The molecule has 1 aromatic carbocycles. The number of nitrogens with zero attached hydrogens (tertiary/aromatic N) is 2. The molecule has 7 heteroatoms. The van der Waals surface area contributed by atoms with Gasteiger partial charge in [-0.2, -0.15) is 0 Å². The van der Waals surface area contributed by atoms with Crippen LogP contribution in [-0.4, -0.2) is 39.5 Å². The fourth-order valence-electron chi connectivity index (χ4n) is 5.37. The Hall–Kier alpha value is -2.80. The number of amides is 2. The molecule has 0 bridgehead atoms. The number of hydrogen-bond acceptors (Lipinski definition) is 4. The van der Waals surface area contributed by atoms with Crippen LogP contribution in [0, 0.1) is 5.92 Å². The van der Waals surface area contributed by atoms with E-state index in [4.69, 9.17) is 4.74 Å². The highest BCUT2D eigenvalue weighted by molar-refractivity contribution is 7.17. The van der Waals surface area contributed by atoms with Crippen molar-refractivity contribution in [1.29, 1.82) is 0 Å². The average molecular weight is 480 g/mol. The zero-order valence-electron chi connectivity index (χ0n) is 20.2. The molecule has 2 aliphatic rings. The summed E-state index contributed by atoms with van der Waals surface area (Å²) in [6.45, 7) is 7.43. The number of benzene rings is 1. The number of thiophene rings is 1. The van der Waals surface area contributed by atoms with Gasteiger partial charge in [0.15, 0.2) is 0 Å². The van der Waals surface area contributed by atoms with Crippen LogP contribution in [-0.2, 0) is 17.9 Å². The van der Waals surface area contributed by atoms with Gasteiger partial charge < -0.3 is 19.5 Å². The fraction of sp³-hybridized carbons (Fsp3) is 0.481. The molecule has 3 aromatic rings. The predicted molar refractivity (Wildman–Crippen MR) is 135 cm³/mol. The lowest BCUT2D eigenvalue weighted by Crippen LogP contribution is -2.64. The topological polar surface area (TPSA) is 63.6 Å². The Morgan fingerprint density at radius 1 is 1.21 bits per heavy atom. The number of rotatable bonds is 6. The molecule has 0 saturated heterocycles. The minimum absolute atomic E-state index is 0.0722. The van der Waals surface area contributed by atoms with Crippen molar-refractivity contribution in [3.05, 3.63) is 53.0 Å². The van der Waals surface area contributed by atoms with Crippen LogP contribution in [0.5, 0.6) is 5.75 Å². The number of hydrogen-bond donors (Lipinski definition) is 1. The largest absolute Gasteiger partial charge is 0.494 e. The van der Waals surface area contributed by atoms with Crippen LogP contribution in [0.25, 0.3) is 10.2 Å². The Morgan fingerprint density at radius 2 is 1.97 bits per heavy atom. The van der Waals surface area contributed by atoms with Crippen LogP contribution in [0.2, 0.25) is 0 Å². The monoisotopic (exact) mass is 479 g/mol. The van der Waals surface area contributed by atoms with Gasteiger partial charge in [-0.25, -0.2) is 0 Å². The Morgan fingerprint density at radius 3 is 2.74 bits per heavy atom. The van der Waals surface area contributed by atoms with E-state index >= 15 is 0 Å². The Bertz CT molecular complexity index is 1210. The minimum Gasteiger partial charge on any atom is -0.494 e. The first-order chi connectivity index (χ1) is 16.4. The molecule has 0 spiro atoms. The second kappa shape index (κ2) is 9.10. The number of aromatic nitrogens is 1. The number of ether oxygens (including phenoxy) is 1. The fourth-order valence-corrected chi connectivity index (χ4v) is 6.19. The van der Waals surface area contributed by atoms with Gasteiger partial charge in [0.2, 0.25) is 5.91 Å². The second-order valence-corrected chi connectivity index (χ2v) is 10.9. The molecule has 1 aliphatic heterocycles. The Balaban J connectivity index is 1.51. The summed E-state index contributed by atoms with van der Waals surface area (Å²) in [5.74, 6) is 1.28. The van der Waals surface area contributed by atoms with Crippen molar-refractivity contribution in [3.8, 4) is 5.75 Å². The predicted octanol–water partition coefficient (Wildman–Crippen LogP) is 5.21. The first-order valence-corrected chi connectivity index (χ1v) is 13.2. The van der Waals surface area contributed by atoms with Gasteiger partial charge in [0, 0.05) is 11.6 Å². The van der Waals surface area contributed by atoms with Crippen LogP contribution >= 0.6 is 11.3 Å². The van der Waals surface area contributed by atoms with Crippen molar-refractivity contribution in [2.45, 2.75) is 71.1 Å². The summed E-state index contributed by atoms with van der Waals surface area (Å²) < 4.78 is 8.94. The molecule has 2 amide bonds. The van der Waals surface area contributed by atoms with Gasteiger partial charge in [-0.3, -0.25) is 9.59 Å². The second-order valence-electron chi connectivity index (χ2n) is 9.92. The molecule has 34 heavy (non-hydrogen) atoms. The molecule has 1 fully saturated rings. The summed E-state index contributed by atoms with van der Waals surface area (Å²) >= 11 is 1.62. The summed E-state index contributed by atoms with van der Waals surface area (Å²) in [5, 5.41) is 5.35. The van der Waals surface area contributed by atoms with Crippen LogP contribution in [0.1, 0.15) is 62.5 Å². The number of carbonyl (C=O) groups is 2. The molecule has 1 aliphatic carbocycles. The third-order valence-electron chi connectivity index (χ3n) is 7.49. The molecule has 1 atom stereocenters. The van der Waals surface area contributed by atoms with Gasteiger partial charge in [0.1, 0.15) is 17.0 Å². The molecule has 6 nitrogen and oxygen atoms in total. The molecule has 1 N–H and O–H groups in total. The lowest BCUT2D eigenvalue weighted by atomic mass is 9.86. The highest BCUT2D eigenvalue weighted by Gasteiger charge is 2.48. The Labute approximate surface area is 204 Å². The average Bonchev–Trinajstić information content (AvgIpc) is 3.42. The third-order valence-corrected chi connectivity index (χ3v) is 8.34. The maximum absolute atomic E-state index is 13.9. The van der Waals surface area contributed by atoms with E-state index < -0.39 is 5.54 Å². The quantitative estimate of drug-likeness (QED) is 0.528. The van der Waals surface area contributed by atoms with Crippen molar-refractivity contribution in [2.75, 3.05) is 6.61 Å². The molecule has 1 saturated carbocycles. The molecule has 0 radical (unpaired) electrons. The lowest BCUT2D eigenvalue weighted by Gasteiger charge is -2.45. The zero-order chi connectivity index (χ0) is 23.9. The van der Waals surface area contributed by atoms with E-state index in [1.165, 1.54) is 0 Å². The highest BCUT2D eigenvalue weighted by Crippen LogP contribution is 2.36. The van der Waals surface area contributed by atoms with Crippen LogP contribution < -0.4 is 10.1 Å². The van der Waals surface area contributed by atoms with E-state index in [0.29, 0.717) is 31.3 Å². The van der Waals surface area contributed by atoms with Crippen molar-refractivity contribution >= 4 is 33.4 Å². The lowest BCUT2D eigenvalue weighted by molar-refractivity contribution is -0.134. The summed E-state index contributed by atoms with van der Waals surface area (Å²) in [6.07, 6.45) is 4.24. The molecular formula is C27H33N3O3S.